The fourth-order valence-electron chi connectivity index (χ4n) is 1.61. The quantitative estimate of drug-likeness (QED) is 0.823. The number of aryl methyl sites for hydroxylation is 1. The van der Waals surface area contributed by atoms with Crippen LogP contribution in [0.4, 0.5) is 0 Å². The number of hydrogen-bond acceptors (Lipinski definition) is 3. The van der Waals surface area contributed by atoms with Crippen LogP contribution in [0.15, 0.2) is 18.2 Å². The molecule has 0 aliphatic heterocycles. The molecule has 17 heavy (non-hydrogen) atoms. The molecule has 0 saturated heterocycles. The van der Waals surface area contributed by atoms with Crippen LogP contribution in [-0.4, -0.2) is 23.9 Å². The lowest BCUT2D eigenvalue weighted by Crippen LogP contribution is -2.31. The Morgan fingerprint density at radius 3 is 2.76 bits per heavy atom. The Morgan fingerprint density at radius 2 is 2.18 bits per heavy atom. The van der Waals surface area contributed by atoms with Gasteiger partial charge in [0.25, 0.3) is 0 Å². The highest BCUT2D eigenvalue weighted by Gasteiger charge is 2.12. The lowest BCUT2D eigenvalue weighted by atomic mass is 10.0. The summed E-state index contributed by atoms with van der Waals surface area (Å²) in [7, 11) is 0. The van der Waals surface area contributed by atoms with Crippen molar-refractivity contribution in [2.24, 2.45) is 5.73 Å². The molecule has 4 heteroatoms. The molecule has 3 nitrogen and oxygen atoms in total. The van der Waals surface area contributed by atoms with Gasteiger partial charge in [-0.3, -0.25) is 0 Å². The second-order valence-corrected chi connectivity index (χ2v) is 4.59. The van der Waals surface area contributed by atoms with Crippen LogP contribution >= 0.6 is 11.6 Å². The lowest BCUT2D eigenvalue weighted by Gasteiger charge is -2.16. The summed E-state index contributed by atoms with van der Waals surface area (Å²) in [6.45, 7) is 4.35. The number of aliphatic hydroxyl groups excluding tert-OH is 1. The number of aliphatic hydroxyl groups is 1. The first-order valence-electron chi connectivity index (χ1n) is 5.89. The zero-order valence-electron chi connectivity index (χ0n) is 10.3. The van der Waals surface area contributed by atoms with Gasteiger partial charge in [-0.2, -0.15) is 0 Å². The molecular weight excluding hydrogens is 238 g/mol. The van der Waals surface area contributed by atoms with Crippen molar-refractivity contribution in [3.8, 4) is 5.75 Å². The van der Waals surface area contributed by atoms with Crippen molar-refractivity contribution in [2.45, 2.75) is 38.8 Å². The van der Waals surface area contributed by atoms with Crippen molar-refractivity contribution < 1.29 is 9.84 Å². The first-order chi connectivity index (χ1) is 8.04. The van der Waals surface area contributed by atoms with Crippen LogP contribution in [0.2, 0.25) is 5.02 Å². The van der Waals surface area contributed by atoms with Crippen LogP contribution in [0.25, 0.3) is 0 Å². The van der Waals surface area contributed by atoms with Crippen molar-refractivity contribution in [1.29, 1.82) is 0 Å². The molecule has 1 aromatic carbocycles. The van der Waals surface area contributed by atoms with Gasteiger partial charge < -0.3 is 15.6 Å². The molecule has 0 fully saturated rings. The molecule has 0 bridgehead atoms. The SMILES string of the molecule is CCOc1ccc(Cl)cc1CCC(O)C(C)N. The van der Waals surface area contributed by atoms with E-state index in [0.29, 0.717) is 24.5 Å². The first-order valence-corrected chi connectivity index (χ1v) is 6.27. The van der Waals surface area contributed by atoms with E-state index >= 15 is 0 Å². The predicted octanol–water partition coefficient (Wildman–Crippen LogP) is 2.38. The molecule has 0 heterocycles. The molecule has 3 N–H and O–H groups in total. The average Bonchev–Trinajstić information content (AvgIpc) is 2.29. The van der Waals surface area contributed by atoms with Crippen LogP contribution in [-0.2, 0) is 6.42 Å². The van der Waals surface area contributed by atoms with Gasteiger partial charge in [-0.05, 0) is 50.5 Å². The van der Waals surface area contributed by atoms with Crippen LogP contribution < -0.4 is 10.5 Å². The third kappa shape index (κ3) is 4.54. The molecule has 2 atom stereocenters. The standard InChI is InChI=1S/C13H20ClNO2/c1-3-17-13-7-5-11(14)8-10(13)4-6-12(16)9(2)15/h5,7-9,12,16H,3-4,6,15H2,1-2H3. The Hall–Kier alpha value is -0.770. The predicted molar refractivity (Wildman–Crippen MR) is 70.6 cm³/mol. The van der Waals surface area contributed by atoms with E-state index in [2.05, 4.69) is 0 Å². The number of benzene rings is 1. The van der Waals surface area contributed by atoms with E-state index in [9.17, 15) is 5.11 Å². The van der Waals surface area contributed by atoms with Crippen molar-refractivity contribution in [1.82, 2.24) is 0 Å². The third-order valence-corrected chi connectivity index (χ3v) is 2.87. The second kappa shape index (κ2) is 6.84. The Balaban J connectivity index is 2.71. The molecule has 2 unspecified atom stereocenters. The van der Waals surface area contributed by atoms with Gasteiger partial charge in [0.1, 0.15) is 5.75 Å². The molecule has 0 amide bonds. The number of hydrogen-bond donors (Lipinski definition) is 2. The number of rotatable bonds is 6. The lowest BCUT2D eigenvalue weighted by molar-refractivity contribution is 0.141. The fourth-order valence-corrected chi connectivity index (χ4v) is 1.80. The van der Waals surface area contributed by atoms with Crippen LogP contribution in [0, 0.1) is 0 Å². The van der Waals surface area contributed by atoms with Gasteiger partial charge in [0.15, 0.2) is 0 Å². The molecule has 0 aromatic heterocycles. The van der Waals surface area contributed by atoms with Gasteiger partial charge in [0.2, 0.25) is 0 Å². The highest BCUT2D eigenvalue weighted by Crippen LogP contribution is 2.24. The monoisotopic (exact) mass is 257 g/mol. The Morgan fingerprint density at radius 1 is 1.47 bits per heavy atom. The van der Waals surface area contributed by atoms with Crippen molar-refractivity contribution >= 4 is 11.6 Å². The molecule has 1 aromatic rings. The van der Waals surface area contributed by atoms with Crippen molar-refractivity contribution in [2.75, 3.05) is 6.61 Å². The Kier molecular flexibility index (Phi) is 5.75. The summed E-state index contributed by atoms with van der Waals surface area (Å²) in [5.74, 6) is 0.828. The zero-order chi connectivity index (χ0) is 12.8. The average molecular weight is 258 g/mol. The maximum atomic E-state index is 9.68. The number of nitrogens with two attached hydrogens (primary N) is 1. The molecule has 96 valence electrons. The molecule has 1 rings (SSSR count). The van der Waals surface area contributed by atoms with E-state index in [-0.39, 0.29) is 6.04 Å². The van der Waals surface area contributed by atoms with Crippen LogP contribution in [0.3, 0.4) is 0 Å². The third-order valence-electron chi connectivity index (χ3n) is 2.64. The van der Waals surface area contributed by atoms with Gasteiger partial charge in [0, 0.05) is 11.1 Å². The van der Waals surface area contributed by atoms with Crippen molar-refractivity contribution in [3.05, 3.63) is 28.8 Å². The topological polar surface area (TPSA) is 55.5 Å². The summed E-state index contributed by atoms with van der Waals surface area (Å²) >= 11 is 5.95. The van der Waals surface area contributed by atoms with Crippen LogP contribution in [0.5, 0.6) is 5.75 Å². The molecule has 0 aliphatic carbocycles. The van der Waals surface area contributed by atoms with Gasteiger partial charge in [-0.1, -0.05) is 11.6 Å². The van der Waals surface area contributed by atoms with Gasteiger partial charge in [0.05, 0.1) is 12.7 Å². The maximum Gasteiger partial charge on any atom is 0.122 e. The highest BCUT2D eigenvalue weighted by atomic mass is 35.5. The molecule has 0 spiro atoms. The van der Waals surface area contributed by atoms with E-state index < -0.39 is 6.10 Å². The van der Waals surface area contributed by atoms with Crippen LogP contribution in [0.1, 0.15) is 25.8 Å². The summed E-state index contributed by atoms with van der Waals surface area (Å²) in [5, 5.41) is 10.4. The van der Waals surface area contributed by atoms with E-state index in [1.807, 2.05) is 19.1 Å². The van der Waals surface area contributed by atoms with E-state index in [1.54, 1.807) is 13.0 Å². The number of ether oxygens (including phenoxy) is 1. The maximum absolute atomic E-state index is 9.68. The van der Waals surface area contributed by atoms with E-state index in [4.69, 9.17) is 22.1 Å². The molecular formula is C13H20ClNO2. The minimum Gasteiger partial charge on any atom is -0.494 e. The zero-order valence-corrected chi connectivity index (χ0v) is 11.1. The van der Waals surface area contributed by atoms with E-state index in [1.165, 1.54) is 0 Å². The minimum atomic E-state index is -0.497. The summed E-state index contributed by atoms with van der Waals surface area (Å²) in [5.41, 5.74) is 6.63. The second-order valence-electron chi connectivity index (χ2n) is 4.15. The largest absolute Gasteiger partial charge is 0.494 e. The first kappa shape index (κ1) is 14.3. The summed E-state index contributed by atoms with van der Waals surface area (Å²) in [4.78, 5) is 0. The molecule has 0 saturated carbocycles. The van der Waals surface area contributed by atoms with Gasteiger partial charge in [-0.15, -0.1) is 0 Å². The summed E-state index contributed by atoms with van der Waals surface area (Å²) in [6.07, 6.45) is 0.819. The minimum absolute atomic E-state index is 0.218. The smallest absolute Gasteiger partial charge is 0.122 e. The fraction of sp³-hybridized carbons (Fsp3) is 0.538. The van der Waals surface area contributed by atoms with Gasteiger partial charge >= 0.3 is 0 Å². The summed E-state index contributed by atoms with van der Waals surface area (Å²) < 4.78 is 5.51. The highest BCUT2D eigenvalue weighted by molar-refractivity contribution is 6.30. The normalized spacial score (nSPS) is 14.4. The Labute approximate surface area is 108 Å². The molecule has 0 radical (unpaired) electrons. The van der Waals surface area contributed by atoms with E-state index in [0.717, 1.165) is 11.3 Å². The molecule has 0 aliphatic rings. The summed E-state index contributed by atoms with van der Waals surface area (Å²) in [6, 6.07) is 5.32. The Bertz CT molecular complexity index is 355. The van der Waals surface area contributed by atoms with Gasteiger partial charge in [-0.25, -0.2) is 0 Å². The van der Waals surface area contributed by atoms with Crippen molar-refractivity contribution in [3.63, 3.8) is 0 Å². The number of halogens is 1.